The molecular weight excluding hydrogens is 220 g/mol. The van der Waals surface area contributed by atoms with Crippen molar-refractivity contribution in [3.63, 3.8) is 0 Å². The summed E-state index contributed by atoms with van der Waals surface area (Å²) in [6, 6.07) is 0. The molecule has 0 saturated carbocycles. The van der Waals surface area contributed by atoms with Gasteiger partial charge in [-0.25, -0.2) is 0 Å². The molecule has 0 heterocycles. The number of aliphatic hydroxyl groups excluding tert-OH is 1. The average molecular weight is 246 g/mol. The maximum atomic E-state index is 12.2. The van der Waals surface area contributed by atoms with E-state index >= 15 is 0 Å². The van der Waals surface area contributed by atoms with Crippen LogP contribution in [0.2, 0.25) is 0 Å². The molecule has 1 amide bonds. The highest BCUT2D eigenvalue weighted by atomic mass is 16.5. The van der Waals surface area contributed by atoms with Gasteiger partial charge in [-0.15, -0.1) is 0 Å². The second kappa shape index (κ2) is 6.33. The predicted octanol–water partition coefficient (Wildman–Crippen LogP) is 0.217. The van der Waals surface area contributed by atoms with Gasteiger partial charge in [0.15, 0.2) is 0 Å². The molecule has 0 saturated heterocycles. The monoisotopic (exact) mass is 246 g/mol. The molecule has 0 bridgehead atoms. The fraction of sp³-hybridized carbons (Fsp3) is 0.917. The Hall–Kier alpha value is -0.650. The molecule has 0 aliphatic heterocycles. The van der Waals surface area contributed by atoms with Crippen LogP contribution in [0.1, 0.15) is 27.7 Å². The first-order chi connectivity index (χ1) is 7.64. The van der Waals surface area contributed by atoms with Crippen molar-refractivity contribution in [2.75, 3.05) is 33.4 Å². The molecule has 0 atom stereocenters. The number of amides is 1. The van der Waals surface area contributed by atoms with Gasteiger partial charge in [0, 0.05) is 19.1 Å². The van der Waals surface area contributed by atoms with E-state index in [1.54, 1.807) is 11.9 Å². The minimum atomic E-state index is -0.626. The first kappa shape index (κ1) is 16.4. The molecule has 0 spiro atoms. The molecule has 102 valence electrons. The van der Waals surface area contributed by atoms with E-state index in [9.17, 15) is 4.79 Å². The van der Waals surface area contributed by atoms with Crippen molar-refractivity contribution in [3.8, 4) is 0 Å². The Bertz CT molecular complexity index is 247. The highest BCUT2D eigenvalue weighted by Crippen LogP contribution is 2.30. The second-order valence-electron chi connectivity index (χ2n) is 5.41. The van der Waals surface area contributed by atoms with Crippen LogP contribution in [0.25, 0.3) is 0 Å². The fourth-order valence-corrected chi connectivity index (χ4v) is 1.22. The lowest BCUT2D eigenvalue weighted by atomic mass is 9.74. The molecule has 5 nitrogen and oxygen atoms in total. The van der Waals surface area contributed by atoms with Crippen LogP contribution in [0, 0.1) is 5.41 Å². The van der Waals surface area contributed by atoms with E-state index in [0.29, 0.717) is 19.8 Å². The summed E-state index contributed by atoms with van der Waals surface area (Å²) in [5.41, 5.74) is 4.81. The third kappa shape index (κ3) is 4.61. The number of likely N-dealkylation sites (N-methyl/N-ethyl adjacent to an activating group) is 1. The average Bonchev–Trinajstić information content (AvgIpc) is 2.21. The van der Waals surface area contributed by atoms with Crippen molar-refractivity contribution < 1.29 is 14.6 Å². The Morgan fingerprint density at radius 3 is 2.24 bits per heavy atom. The van der Waals surface area contributed by atoms with Gasteiger partial charge in [0.05, 0.1) is 25.2 Å². The summed E-state index contributed by atoms with van der Waals surface area (Å²) < 4.78 is 5.13. The highest BCUT2D eigenvalue weighted by Gasteiger charge is 2.41. The Labute approximate surface area is 104 Å². The van der Waals surface area contributed by atoms with Crippen LogP contribution in [0.4, 0.5) is 0 Å². The summed E-state index contributed by atoms with van der Waals surface area (Å²) in [4.78, 5) is 13.8. The van der Waals surface area contributed by atoms with Crippen LogP contribution >= 0.6 is 0 Å². The maximum absolute atomic E-state index is 12.2. The zero-order chi connectivity index (χ0) is 13.7. The SMILES string of the molecule is CN(CCOCCO)C(=O)C(C)(C)C(C)(C)N. The molecule has 17 heavy (non-hydrogen) atoms. The van der Waals surface area contributed by atoms with E-state index in [-0.39, 0.29) is 12.5 Å². The highest BCUT2D eigenvalue weighted by molar-refractivity contribution is 5.83. The van der Waals surface area contributed by atoms with Crippen LogP contribution in [-0.2, 0) is 9.53 Å². The van der Waals surface area contributed by atoms with Gasteiger partial charge in [-0.2, -0.15) is 0 Å². The molecule has 0 radical (unpaired) electrons. The second-order valence-corrected chi connectivity index (χ2v) is 5.41. The summed E-state index contributed by atoms with van der Waals surface area (Å²) >= 11 is 0. The van der Waals surface area contributed by atoms with Crippen molar-refractivity contribution in [2.45, 2.75) is 33.2 Å². The van der Waals surface area contributed by atoms with Gasteiger partial charge in [0.25, 0.3) is 0 Å². The lowest BCUT2D eigenvalue weighted by molar-refractivity contribution is -0.142. The minimum Gasteiger partial charge on any atom is -0.394 e. The van der Waals surface area contributed by atoms with Gasteiger partial charge in [0.1, 0.15) is 0 Å². The molecule has 0 fully saturated rings. The molecule has 0 aliphatic carbocycles. The number of nitrogens with zero attached hydrogens (tertiary/aromatic N) is 1. The van der Waals surface area contributed by atoms with E-state index in [2.05, 4.69) is 0 Å². The molecule has 3 N–H and O–H groups in total. The van der Waals surface area contributed by atoms with Crippen LogP contribution in [0.3, 0.4) is 0 Å². The van der Waals surface area contributed by atoms with Crippen LogP contribution in [-0.4, -0.2) is 54.9 Å². The van der Waals surface area contributed by atoms with Crippen molar-refractivity contribution >= 4 is 5.91 Å². The Morgan fingerprint density at radius 1 is 1.29 bits per heavy atom. The number of hydrogen-bond acceptors (Lipinski definition) is 4. The normalized spacial score (nSPS) is 12.6. The van der Waals surface area contributed by atoms with E-state index in [1.807, 2.05) is 27.7 Å². The van der Waals surface area contributed by atoms with Gasteiger partial charge >= 0.3 is 0 Å². The van der Waals surface area contributed by atoms with Gasteiger partial charge < -0.3 is 20.5 Å². The molecule has 0 aliphatic rings. The third-order valence-corrected chi connectivity index (χ3v) is 3.30. The summed E-state index contributed by atoms with van der Waals surface area (Å²) in [7, 11) is 1.73. The number of rotatable bonds is 7. The van der Waals surface area contributed by atoms with Gasteiger partial charge in [-0.1, -0.05) is 0 Å². The van der Waals surface area contributed by atoms with Gasteiger partial charge in [-0.05, 0) is 27.7 Å². The number of nitrogens with two attached hydrogens (primary N) is 1. The standard InChI is InChI=1S/C12H26N2O3/c1-11(2,12(3,4)13)10(16)14(5)6-8-17-9-7-15/h15H,6-9,13H2,1-5H3. The summed E-state index contributed by atoms with van der Waals surface area (Å²) in [6.07, 6.45) is 0. The lowest BCUT2D eigenvalue weighted by Crippen LogP contribution is -2.56. The third-order valence-electron chi connectivity index (χ3n) is 3.30. The molecule has 5 heteroatoms. The number of carbonyl (C=O) groups excluding carboxylic acids is 1. The zero-order valence-corrected chi connectivity index (χ0v) is 11.6. The Morgan fingerprint density at radius 2 is 1.82 bits per heavy atom. The largest absolute Gasteiger partial charge is 0.394 e. The summed E-state index contributed by atoms with van der Waals surface area (Å²) in [5.74, 6) is -0.00222. The van der Waals surface area contributed by atoms with Gasteiger partial charge in [0.2, 0.25) is 5.91 Å². The Kier molecular flexibility index (Phi) is 6.09. The molecule has 0 aromatic heterocycles. The van der Waals surface area contributed by atoms with Crippen LogP contribution in [0.15, 0.2) is 0 Å². The molecule has 0 unspecified atom stereocenters. The van der Waals surface area contributed by atoms with Crippen molar-refractivity contribution in [1.29, 1.82) is 0 Å². The smallest absolute Gasteiger partial charge is 0.229 e. The quantitative estimate of drug-likeness (QED) is 0.630. The van der Waals surface area contributed by atoms with Crippen LogP contribution < -0.4 is 5.73 Å². The van der Waals surface area contributed by atoms with Crippen molar-refractivity contribution in [2.24, 2.45) is 11.1 Å². The maximum Gasteiger partial charge on any atom is 0.229 e. The topological polar surface area (TPSA) is 75.8 Å². The van der Waals surface area contributed by atoms with E-state index in [0.717, 1.165) is 0 Å². The zero-order valence-electron chi connectivity index (χ0n) is 11.6. The molecular formula is C12H26N2O3. The summed E-state index contributed by atoms with van der Waals surface area (Å²) in [6.45, 7) is 8.61. The lowest BCUT2D eigenvalue weighted by Gasteiger charge is -2.39. The first-order valence-corrected chi connectivity index (χ1v) is 5.87. The number of hydrogen-bond donors (Lipinski definition) is 2. The van der Waals surface area contributed by atoms with E-state index in [1.165, 1.54) is 0 Å². The number of carbonyl (C=O) groups is 1. The van der Waals surface area contributed by atoms with Gasteiger partial charge in [-0.3, -0.25) is 4.79 Å². The van der Waals surface area contributed by atoms with Crippen molar-refractivity contribution in [1.82, 2.24) is 4.90 Å². The summed E-state index contributed by atoms with van der Waals surface area (Å²) in [5, 5.41) is 8.55. The number of ether oxygens (including phenoxy) is 1. The van der Waals surface area contributed by atoms with Crippen molar-refractivity contribution in [3.05, 3.63) is 0 Å². The van der Waals surface area contributed by atoms with Crippen LogP contribution in [0.5, 0.6) is 0 Å². The van der Waals surface area contributed by atoms with E-state index < -0.39 is 11.0 Å². The minimum absolute atomic E-state index is 0.00101. The molecule has 0 aromatic rings. The fourth-order valence-electron chi connectivity index (χ4n) is 1.22. The molecule has 0 rings (SSSR count). The predicted molar refractivity (Wildman–Crippen MR) is 67.6 cm³/mol. The number of aliphatic hydroxyl groups is 1. The Balaban J connectivity index is 4.30. The molecule has 0 aromatic carbocycles. The van der Waals surface area contributed by atoms with E-state index in [4.69, 9.17) is 15.6 Å². The first-order valence-electron chi connectivity index (χ1n) is 5.87.